The summed E-state index contributed by atoms with van der Waals surface area (Å²) in [5.41, 5.74) is -0.841. The maximum atomic E-state index is 12.4. The third-order valence-corrected chi connectivity index (χ3v) is 5.91. The number of allylic oxidation sites excluding steroid dienone is 1. The highest BCUT2D eigenvalue weighted by Crippen LogP contribution is 2.38. The molecule has 2 unspecified atom stereocenters. The van der Waals surface area contributed by atoms with Crippen molar-refractivity contribution in [1.29, 1.82) is 0 Å². The van der Waals surface area contributed by atoms with Crippen LogP contribution < -0.4 is 0 Å². The molecule has 1 aliphatic carbocycles. The van der Waals surface area contributed by atoms with Crippen molar-refractivity contribution in [1.82, 2.24) is 0 Å². The van der Waals surface area contributed by atoms with Gasteiger partial charge in [0.2, 0.25) is 0 Å². The van der Waals surface area contributed by atoms with Crippen LogP contribution in [0.25, 0.3) is 0 Å². The molecular weight excluding hydrogens is 328 g/mol. The molecule has 0 aromatic heterocycles. The van der Waals surface area contributed by atoms with Crippen LogP contribution in [-0.2, 0) is 9.59 Å². The van der Waals surface area contributed by atoms with Gasteiger partial charge in [-0.1, -0.05) is 71.4 Å². The first-order chi connectivity index (χ1) is 12.4. The Labute approximate surface area is 159 Å². The van der Waals surface area contributed by atoms with Crippen molar-refractivity contribution < 1.29 is 19.8 Å². The number of hydrogen-bond acceptors (Lipinski definition) is 3. The Kier molecular flexibility index (Phi) is 10.1. The predicted molar refractivity (Wildman–Crippen MR) is 105 cm³/mol. The van der Waals surface area contributed by atoms with E-state index in [0.29, 0.717) is 25.7 Å². The summed E-state index contributed by atoms with van der Waals surface area (Å²) in [4.78, 5) is 24.2. The van der Waals surface area contributed by atoms with Gasteiger partial charge in [-0.3, -0.25) is 9.59 Å². The normalized spacial score (nSPS) is 24.1. The highest BCUT2D eigenvalue weighted by molar-refractivity contribution is 5.88. The zero-order valence-electron chi connectivity index (χ0n) is 16.9. The number of Topliss-reactive ketones (excluding diaryl/α,β-unsaturated/α-hetero) is 1. The summed E-state index contributed by atoms with van der Waals surface area (Å²) in [5, 5.41) is 20.5. The van der Waals surface area contributed by atoms with Gasteiger partial charge in [0.05, 0.1) is 11.5 Å². The molecule has 0 aliphatic heterocycles. The van der Waals surface area contributed by atoms with Crippen LogP contribution in [0.4, 0.5) is 0 Å². The maximum absolute atomic E-state index is 12.4. The number of aliphatic carboxylic acids is 1. The molecule has 0 spiro atoms. The number of carboxylic acid groups (broad SMARTS) is 1. The van der Waals surface area contributed by atoms with Crippen molar-refractivity contribution in [2.75, 3.05) is 0 Å². The summed E-state index contributed by atoms with van der Waals surface area (Å²) in [6.45, 7) is 6.20. The average molecular weight is 367 g/mol. The first-order valence-corrected chi connectivity index (χ1v) is 10.6. The van der Waals surface area contributed by atoms with Crippen LogP contribution in [0.15, 0.2) is 12.2 Å². The summed E-state index contributed by atoms with van der Waals surface area (Å²) >= 11 is 0. The van der Waals surface area contributed by atoms with Crippen molar-refractivity contribution in [3.63, 3.8) is 0 Å². The zero-order chi connectivity index (χ0) is 19.6. The van der Waals surface area contributed by atoms with E-state index >= 15 is 0 Å². The minimum Gasteiger partial charge on any atom is -0.481 e. The lowest BCUT2D eigenvalue weighted by Gasteiger charge is -2.26. The van der Waals surface area contributed by atoms with Crippen molar-refractivity contribution in [2.45, 2.75) is 97.0 Å². The SMILES string of the molecule is CCCCCC(C(=O)O)[C@@H]1C(=O)CC[C@@H]1C=CC(O)(CC)CCCCC. The molecule has 0 bridgehead atoms. The molecule has 4 heteroatoms. The number of rotatable bonds is 13. The molecule has 2 N–H and O–H groups in total. The van der Waals surface area contributed by atoms with Crippen molar-refractivity contribution in [3.8, 4) is 0 Å². The van der Waals surface area contributed by atoms with Crippen LogP contribution >= 0.6 is 0 Å². The van der Waals surface area contributed by atoms with Crippen molar-refractivity contribution in [2.24, 2.45) is 17.8 Å². The van der Waals surface area contributed by atoms with Gasteiger partial charge in [0.25, 0.3) is 0 Å². The van der Waals surface area contributed by atoms with E-state index in [1.807, 2.05) is 19.1 Å². The Balaban J connectivity index is 2.84. The van der Waals surface area contributed by atoms with Crippen LogP contribution in [-0.4, -0.2) is 27.6 Å². The fraction of sp³-hybridized carbons (Fsp3) is 0.818. The number of ketones is 1. The molecule has 0 aromatic carbocycles. The highest BCUT2D eigenvalue weighted by Gasteiger charge is 2.42. The number of carbonyl (C=O) groups excluding carboxylic acids is 1. The van der Waals surface area contributed by atoms with Crippen molar-refractivity contribution >= 4 is 11.8 Å². The van der Waals surface area contributed by atoms with E-state index < -0.39 is 23.4 Å². The number of hydrogen-bond donors (Lipinski definition) is 2. The topological polar surface area (TPSA) is 74.6 Å². The van der Waals surface area contributed by atoms with E-state index in [-0.39, 0.29) is 11.7 Å². The third-order valence-electron chi connectivity index (χ3n) is 5.91. The van der Waals surface area contributed by atoms with Crippen molar-refractivity contribution in [3.05, 3.63) is 12.2 Å². The highest BCUT2D eigenvalue weighted by atomic mass is 16.4. The fourth-order valence-corrected chi connectivity index (χ4v) is 4.07. The maximum Gasteiger partial charge on any atom is 0.307 e. The van der Waals surface area contributed by atoms with E-state index in [0.717, 1.165) is 44.9 Å². The van der Waals surface area contributed by atoms with Gasteiger partial charge < -0.3 is 10.2 Å². The van der Waals surface area contributed by atoms with E-state index in [1.54, 1.807) is 0 Å². The average Bonchev–Trinajstić information content (AvgIpc) is 2.97. The summed E-state index contributed by atoms with van der Waals surface area (Å²) in [6, 6.07) is 0. The summed E-state index contributed by atoms with van der Waals surface area (Å²) < 4.78 is 0. The van der Waals surface area contributed by atoms with Gasteiger partial charge in [-0.15, -0.1) is 0 Å². The van der Waals surface area contributed by atoms with Gasteiger partial charge in [-0.25, -0.2) is 0 Å². The fourth-order valence-electron chi connectivity index (χ4n) is 4.07. The van der Waals surface area contributed by atoms with Crippen LogP contribution in [0.3, 0.4) is 0 Å². The van der Waals surface area contributed by atoms with E-state index in [4.69, 9.17) is 0 Å². The van der Waals surface area contributed by atoms with Gasteiger partial charge in [0.15, 0.2) is 0 Å². The van der Waals surface area contributed by atoms with Gasteiger partial charge in [-0.05, 0) is 31.6 Å². The summed E-state index contributed by atoms with van der Waals surface area (Å²) in [7, 11) is 0. The number of aliphatic hydroxyl groups is 1. The van der Waals surface area contributed by atoms with E-state index in [1.165, 1.54) is 0 Å². The second kappa shape index (κ2) is 11.5. The molecule has 26 heavy (non-hydrogen) atoms. The molecule has 0 heterocycles. The molecular formula is C22H38O4. The Bertz CT molecular complexity index is 471. The quantitative estimate of drug-likeness (QED) is 0.349. The Morgan fingerprint density at radius 1 is 1.19 bits per heavy atom. The first-order valence-electron chi connectivity index (χ1n) is 10.6. The first kappa shape index (κ1) is 22.9. The summed E-state index contributed by atoms with van der Waals surface area (Å²) in [6.07, 6.45) is 13.0. The molecule has 0 amide bonds. The molecule has 0 radical (unpaired) electrons. The lowest BCUT2D eigenvalue weighted by atomic mass is 9.79. The second-order valence-corrected chi connectivity index (χ2v) is 7.91. The minimum atomic E-state index is -0.853. The lowest BCUT2D eigenvalue weighted by Crippen LogP contribution is -2.31. The molecule has 4 atom stereocenters. The number of carboxylic acids is 1. The van der Waals surface area contributed by atoms with Gasteiger partial charge >= 0.3 is 5.97 Å². The Morgan fingerprint density at radius 2 is 1.85 bits per heavy atom. The largest absolute Gasteiger partial charge is 0.481 e. The lowest BCUT2D eigenvalue weighted by molar-refractivity contribution is -0.147. The molecule has 1 rings (SSSR count). The zero-order valence-corrected chi connectivity index (χ0v) is 16.9. The van der Waals surface area contributed by atoms with Crippen LogP contribution in [0.5, 0.6) is 0 Å². The van der Waals surface area contributed by atoms with Gasteiger partial charge in [0.1, 0.15) is 5.78 Å². The standard InChI is InChI=1S/C22H38O4/c1-4-7-9-11-18(21(24)25)20-17(12-13-19(20)23)14-16-22(26,6-3)15-10-8-5-2/h14,16-18,20,26H,4-13,15H2,1-3H3,(H,24,25)/t17-,18?,20-,22?/m1/s1. The Hall–Kier alpha value is -1.16. The van der Waals surface area contributed by atoms with E-state index in [9.17, 15) is 19.8 Å². The smallest absolute Gasteiger partial charge is 0.307 e. The minimum absolute atomic E-state index is 0.0607. The van der Waals surface area contributed by atoms with Crippen LogP contribution in [0.1, 0.15) is 91.4 Å². The van der Waals surface area contributed by atoms with E-state index in [2.05, 4.69) is 13.8 Å². The number of carbonyl (C=O) groups is 2. The van der Waals surface area contributed by atoms with Crippen LogP contribution in [0, 0.1) is 17.8 Å². The Morgan fingerprint density at radius 3 is 2.42 bits per heavy atom. The molecule has 0 saturated heterocycles. The number of unbranched alkanes of at least 4 members (excludes halogenated alkanes) is 4. The molecule has 1 saturated carbocycles. The monoisotopic (exact) mass is 366 g/mol. The van der Waals surface area contributed by atoms with Gasteiger partial charge in [0, 0.05) is 12.3 Å². The molecule has 1 aliphatic rings. The molecule has 4 nitrogen and oxygen atoms in total. The summed E-state index contributed by atoms with van der Waals surface area (Å²) in [5.74, 6) is -1.86. The predicted octanol–water partition coefficient (Wildman–Crippen LogP) is 5.14. The molecule has 0 aromatic rings. The third kappa shape index (κ3) is 6.86. The van der Waals surface area contributed by atoms with Gasteiger partial charge in [-0.2, -0.15) is 0 Å². The van der Waals surface area contributed by atoms with Crippen LogP contribution in [0.2, 0.25) is 0 Å². The molecule has 1 fully saturated rings. The second-order valence-electron chi connectivity index (χ2n) is 7.91. The molecule has 150 valence electrons.